The smallest absolute Gasteiger partial charge is 0.236 e. The Hall–Kier alpha value is -0.570. The number of likely N-dealkylation sites (N-methyl/N-ethyl adjacent to an activating group) is 2. The van der Waals surface area contributed by atoms with Crippen LogP contribution in [0.5, 0.6) is 0 Å². The number of carbonyl (C=O) groups is 1. The molecule has 3 nitrogen and oxygen atoms in total. The Morgan fingerprint density at radius 3 is 2.17 bits per heavy atom. The first-order valence-corrected chi connectivity index (χ1v) is 4.65. The van der Waals surface area contributed by atoms with Crippen molar-refractivity contribution in [2.45, 2.75) is 39.7 Å². The zero-order valence-electron chi connectivity index (χ0n) is 8.90. The van der Waals surface area contributed by atoms with Gasteiger partial charge in [0, 0.05) is 8.47 Å². The molecule has 3 heteroatoms. The van der Waals surface area contributed by atoms with Crippen LogP contribution in [0.4, 0.5) is 0 Å². The normalized spacial score (nSPS) is 11.1. The van der Waals surface area contributed by atoms with Gasteiger partial charge in [-0.15, -0.1) is 0 Å². The van der Waals surface area contributed by atoms with E-state index in [1.165, 1.54) is 0 Å². The summed E-state index contributed by atoms with van der Waals surface area (Å²) in [4.78, 5) is 11.0. The fraction of sp³-hybridized carbons (Fsp3) is 0.889. The number of amides is 1. The molecule has 2 N–H and O–H groups in total. The SMILES string of the molecule is CC.CCC[C@H](NC)C(=O)NC.[HH]. The van der Waals surface area contributed by atoms with Crippen molar-refractivity contribution in [3.63, 3.8) is 0 Å². The van der Waals surface area contributed by atoms with Gasteiger partial charge in [-0.1, -0.05) is 27.2 Å². The molecule has 0 heterocycles. The Kier molecular flexibility index (Phi) is 12.2. The van der Waals surface area contributed by atoms with Crippen molar-refractivity contribution in [1.82, 2.24) is 10.6 Å². The highest BCUT2D eigenvalue weighted by atomic mass is 16.2. The van der Waals surface area contributed by atoms with Gasteiger partial charge in [-0.25, -0.2) is 0 Å². The molecule has 12 heavy (non-hydrogen) atoms. The van der Waals surface area contributed by atoms with Crippen LogP contribution in [0.2, 0.25) is 0 Å². The molecular weight excluding hydrogens is 152 g/mol. The number of hydrogen-bond acceptors (Lipinski definition) is 2. The summed E-state index contributed by atoms with van der Waals surface area (Å²) in [5.74, 6) is 0.0735. The second-order valence-electron chi connectivity index (χ2n) is 2.24. The molecule has 0 aliphatic rings. The van der Waals surface area contributed by atoms with E-state index in [-0.39, 0.29) is 13.4 Å². The van der Waals surface area contributed by atoms with Gasteiger partial charge in [0.05, 0.1) is 6.04 Å². The number of carbonyl (C=O) groups excluding carboxylic acids is 1. The number of hydrogen-bond donors (Lipinski definition) is 2. The van der Waals surface area contributed by atoms with Crippen LogP contribution in [0.3, 0.4) is 0 Å². The van der Waals surface area contributed by atoms with Crippen molar-refractivity contribution >= 4 is 5.91 Å². The predicted molar refractivity (Wildman–Crippen MR) is 55.3 cm³/mol. The topological polar surface area (TPSA) is 41.1 Å². The molecule has 0 rings (SSSR count). The van der Waals surface area contributed by atoms with Gasteiger partial charge in [-0.3, -0.25) is 4.79 Å². The summed E-state index contributed by atoms with van der Waals surface area (Å²) in [6, 6.07) is -0.0185. The third kappa shape index (κ3) is 6.16. The van der Waals surface area contributed by atoms with E-state index in [0.717, 1.165) is 12.8 Å². The minimum Gasteiger partial charge on any atom is -0.358 e. The molecular formula is C9H24N2O. The summed E-state index contributed by atoms with van der Waals surface area (Å²) in [5, 5.41) is 5.54. The van der Waals surface area contributed by atoms with Crippen molar-refractivity contribution in [3.8, 4) is 0 Å². The van der Waals surface area contributed by atoms with E-state index in [4.69, 9.17) is 0 Å². The van der Waals surface area contributed by atoms with Crippen molar-refractivity contribution in [2.24, 2.45) is 0 Å². The fourth-order valence-corrected chi connectivity index (χ4v) is 0.869. The second-order valence-corrected chi connectivity index (χ2v) is 2.24. The predicted octanol–water partition coefficient (Wildman–Crippen LogP) is 1.39. The summed E-state index contributed by atoms with van der Waals surface area (Å²) in [7, 11) is 3.46. The summed E-state index contributed by atoms with van der Waals surface area (Å²) < 4.78 is 0. The molecule has 0 fully saturated rings. The van der Waals surface area contributed by atoms with Crippen molar-refractivity contribution < 1.29 is 6.22 Å². The standard InChI is InChI=1S/C7H16N2O.C2H6.H2/c1-4-5-6(8-2)7(10)9-3;1-2;/h6,8H,4-5H2,1-3H3,(H,9,10);1-2H3;1H/t6-;;/m0../s1. The number of rotatable bonds is 4. The molecule has 1 atom stereocenters. The first-order valence-electron chi connectivity index (χ1n) is 4.65. The van der Waals surface area contributed by atoms with Crippen LogP contribution in [-0.4, -0.2) is 26.0 Å². The lowest BCUT2D eigenvalue weighted by molar-refractivity contribution is -0.122. The first-order chi connectivity index (χ1) is 5.76. The molecule has 1 amide bonds. The Labute approximate surface area is 77.4 Å². The van der Waals surface area contributed by atoms with Crippen molar-refractivity contribution in [1.29, 1.82) is 0 Å². The lowest BCUT2D eigenvalue weighted by Crippen LogP contribution is -2.40. The minimum absolute atomic E-state index is 0. The van der Waals surface area contributed by atoms with Crippen LogP contribution in [0.15, 0.2) is 0 Å². The molecule has 0 bridgehead atoms. The molecule has 0 aliphatic heterocycles. The Morgan fingerprint density at radius 2 is 1.92 bits per heavy atom. The molecule has 0 spiro atoms. The highest BCUT2D eigenvalue weighted by Crippen LogP contribution is 1.94. The minimum atomic E-state index is -0.0185. The lowest BCUT2D eigenvalue weighted by Gasteiger charge is -2.12. The molecule has 76 valence electrons. The van der Waals surface area contributed by atoms with Crippen LogP contribution < -0.4 is 10.6 Å². The van der Waals surface area contributed by atoms with Gasteiger partial charge in [-0.2, -0.15) is 0 Å². The average Bonchev–Trinajstić information content (AvgIpc) is 2.16. The van der Waals surface area contributed by atoms with Crippen LogP contribution >= 0.6 is 0 Å². The van der Waals surface area contributed by atoms with Crippen LogP contribution in [0, 0.1) is 0 Å². The summed E-state index contributed by atoms with van der Waals surface area (Å²) in [6.45, 7) is 6.06. The van der Waals surface area contributed by atoms with Gasteiger partial charge in [0.2, 0.25) is 5.91 Å². The lowest BCUT2D eigenvalue weighted by atomic mass is 10.1. The molecule has 0 aliphatic carbocycles. The highest BCUT2D eigenvalue weighted by molar-refractivity contribution is 5.81. The zero-order chi connectivity index (χ0) is 9.98. The Morgan fingerprint density at radius 1 is 1.42 bits per heavy atom. The van der Waals surface area contributed by atoms with Crippen LogP contribution in [0.1, 0.15) is 35.0 Å². The molecule has 0 saturated carbocycles. The van der Waals surface area contributed by atoms with Crippen LogP contribution in [-0.2, 0) is 4.79 Å². The van der Waals surface area contributed by atoms with Crippen LogP contribution in [0.25, 0.3) is 0 Å². The monoisotopic (exact) mass is 176 g/mol. The van der Waals surface area contributed by atoms with Gasteiger partial charge < -0.3 is 10.6 Å². The van der Waals surface area contributed by atoms with E-state index < -0.39 is 0 Å². The zero-order valence-corrected chi connectivity index (χ0v) is 8.90. The summed E-state index contributed by atoms with van der Waals surface area (Å²) in [6.07, 6.45) is 1.93. The van der Waals surface area contributed by atoms with Gasteiger partial charge >= 0.3 is 0 Å². The number of nitrogens with one attached hydrogen (secondary N) is 2. The van der Waals surface area contributed by atoms with Gasteiger partial charge in [0.25, 0.3) is 0 Å². The largest absolute Gasteiger partial charge is 0.358 e. The third-order valence-corrected chi connectivity index (χ3v) is 1.49. The van der Waals surface area contributed by atoms with E-state index in [2.05, 4.69) is 17.6 Å². The molecule has 0 aromatic heterocycles. The van der Waals surface area contributed by atoms with Crippen molar-refractivity contribution in [2.75, 3.05) is 14.1 Å². The van der Waals surface area contributed by atoms with E-state index in [1.54, 1.807) is 14.1 Å². The van der Waals surface area contributed by atoms with E-state index >= 15 is 0 Å². The summed E-state index contributed by atoms with van der Waals surface area (Å²) >= 11 is 0. The van der Waals surface area contributed by atoms with E-state index in [1.807, 2.05) is 13.8 Å². The Bertz CT molecular complexity index is 110. The first kappa shape index (κ1) is 14.0. The van der Waals surface area contributed by atoms with Gasteiger partial charge in [-0.05, 0) is 13.5 Å². The second kappa shape index (κ2) is 10.4. The van der Waals surface area contributed by atoms with Gasteiger partial charge in [0.15, 0.2) is 0 Å². The molecule has 0 aromatic carbocycles. The van der Waals surface area contributed by atoms with E-state index in [0.29, 0.717) is 0 Å². The highest BCUT2D eigenvalue weighted by Gasteiger charge is 2.11. The van der Waals surface area contributed by atoms with Crippen molar-refractivity contribution in [3.05, 3.63) is 0 Å². The van der Waals surface area contributed by atoms with Gasteiger partial charge in [0.1, 0.15) is 0 Å². The molecule has 0 saturated heterocycles. The molecule has 0 unspecified atom stereocenters. The third-order valence-electron chi connectivity index (χ3n) is 1.49. The summed E-state index contributed by atoms with van der Waals surface area (Å²) in [5.41, 5.74) is 0. The quantitative estimate of drug-likeness (QED) is 0.679. The fourth-order valence-electron chi connectivity index (χ4n) is 0.869. The maximum absolute atomic E-state index is 11.0. The molecule has 0 radical (unpaired) electrons. The van der Waals surface area contributed by atoms with E-state index in [9.17, 15) is 4.79 Å². The maximum Gasteiger partial charge on any atom is 0.236 e. The Balaban J connectivity index is -0.000000309. The average molecular weight is 176 g/mol. The molecule has 0 aromatic rings. The maximum atomic E-state index is 11.0.